The number of rotatable bonds is 5. The summed E-state index contributed by atoms with van der Waals surface area (Å²) < 4.78 is 36.2. The summed E-state index contributed by atoms with van der Waals surface area (Å²) in [6, 6.07) is 30.0. The first kappa shape index (κ1) is 29.6. The number of hydrogen-bond donors (Lipinski definition) is 1. The van der Waals surface area contributed by atoms with Crippen LogP contribution < -0.4 is 5.32 Å². The van der Waals surface area contributed by atoms with E-state index in [0.29, 0.717) is 26.9 Å². The number of amides is 1. The third-order valence-corrected chi connectivity index (χ3v) is 11.2. The largest absolute Gasteiger partial charge is 0.454 e. The third kappa shape index (κ3) is 3.88. The lowest BCUT2D eigenvalue weighted by Gasteiger charge is -2.64. The Labute approximate surface area is 275 Å². The van der Waals surface area contributed by atoms with E-state index in [1.807, 2.05) is 72.8 Å². The fourth-order valence-electron chi connectivity index (χ4n) is 9.21. The van der Waals surface area contributed by atoms with Gasteiger partial charge in [0.05, 0.1) is 19.4 Å². The number of alkyl halides is 2. The first-order chi connectivity index (χ1) is 22.3. The zero-order valence-corrected chi connectivity index (χ0v) is 26.1. The molecule has 4 aromatic rings. The number of hydrogen-bond acceptors (Lipinski definition) is 4. The van der Waals surface area contributed by atoms with Crippen LogP contribution in [0.25, 0.3) is 0 Å². The number of carbonyl (C=O) groups is 2. The van der Waals surface area contributed by atoms with Gasteiger partial charge < -0.3 is 10.1 Å². The van der Waals surface area contributed by atoms with Gasteiger partial charge in [0.2, 0.25) is 5.91 Å². The maximum absolute atomic E-state index is 14.9. The number of cyclic esters (lactones) is 1. The predicted octanol–water partition coefficient (Wildman–Crippen LogP) is 8.15. The number of anilines is 1. The van der Waals surface area contributed by atoms with E-state index in [1.165, 1.54) is 0 Å². The van der Waals surface area contributed by atoms with Gasteiger partial charge in [-0.2, -0.15) is 0 Å². The average molecular weight is 660 g/mol. The molecule has 8 rings (SSSR count). The highest BCUT2D eigenvalue weighted by atomic mass is 35.5. The van der Waals surface area contributed by atoms with Gasteiger partial charge in [-0.1, -0.05) is 102 Å². The van der Waals surface area contributed by atoms with Crippen molar-refractivity contribution >= 4 is 40.8 Å². The SMILES string of the molecule is O=C1O[C@@H](c2ccccc2)C(c2ccccc2)N2C1C(c1cccc(Cl)c1)[C@@]1(C(=O)Nc3cc(Cl)ccc31)C21CC(CF)(CF)C1. The average Bonchev–Trinajstić information content (AvgIpc) is 3.50. The molecule has 1 saturated carbocycles. The fraction of sp³-hybridized carbons (Fsp3) is 0.297. The molecule has 2 saturated heterocycles. The lowest BCUT2D eigenvalue weighted by molar-refractivity contribution is -0.200. The van der Waals surface area contributed by atoms with Crippen molar-refractivity contribution in [1.29, 1.82) is 0 Å². The number of benzene rings is 4. The quantitative estimate of drug-likeness (QED) is 0.220. The number of esters is 1. The van der Waals surface area contributed by atoms with Gasteiger partial charge in [-0.15, -0.1) is 0 Å². The zero-order chi connectivity index (χ0) is 31.8. The summed E-state index contributed by atoms with van der Waals surface area (Å²) in [7, 11) is 0. The van der Waals surface area contributed by atoms with Crippen molar-refractivity contribution in [3.8, 4) is 0 Å². The molecule has 5 nitrogen and oxygen atoms in total. The van der Waals surface area contributed by atoms with Crippen molar-refractivity contribution in [2.24, 2.45) is 5.41 Å². The van der Waals surface area contributed by atoms with Crippen molar-refractivity contribution in [1.82, 2.24) is 4.90 Å². The van der Waals surface area contributed by atoms with E-state index in [0.717, 1.165) is 11.1 Å². The van der Waals surface area contributed by atoms with Crippen molar-refractivity contribution in [2.75, 3.05) is 18.7 Å². The Morgan fingerprint density at radius 3 is 2.04 bits per heavy atom. The number of ether oxygens (including phenoxy) is 1. The van der Waals surface area contributed by atoms with E-state index < -0.39 is 59.8 Å². The normalized spacial score (nSPS) is 28.8. The third-order valence-electron chi connectivity index (χ3n) is 10.8. The number of nitrogens with one attached hydrogen (secondary N) is 1. The summed E-state index contributed by atoms with van der Waals surface area (Å²) in [6.45, 7) is -1.78. The molecule has 3 heterocycles. The van der Waals surface area contributed by atoms with E-state index in [-0.39, 0.29) is 18.7 Å². The summed E-state index contributed by atoms with van der Waals surface area (Å²) in [6.07, 6.45) is -0.707. The number of morpholine rings is 1. The molecule has 5 atom stereocenters. The summed E-state index contributed by atoms with van der Waals surface area (Å²) in [5.74, 6) is -1.65. The minimum atomic E-state index is -1.44. The lowest BCUT2D eigenvalue weighted by atomic mass is 9.45. The Morgan fingerprint density at radius 1 is 0.761 bits per heavy atom. The van der Waals surface area contributed by atoms with Gasteiger partial charge in [0.15, 0.2) is 0 Å². The summed E-state index contributed by atoms with van der Waals surface area (Å²) in [4.78, 5) is 31.7. The van der Waals surface area contributed by atoms with Gasteiger partial charge in [-0.05, 0) is 59.4 Å². The highest BCUT2D eigenvalue weighted by Crippen LogP contribution is 2.74. The first-order valence-electron chi connectivity index (χ1n) is 15.4. The standard InChI is InChI=1S/C37H30Cl2F2N2O3/c38-25-13-7-12-24(16-25)29-31-33(44)46-32(23-10-5-2-6-11-23)30(22-8-3-1-4-9-22)43(31)36(18-35(19-36,20-40)21-41)37(29)27-15-14-26(39)17-28(27)42-34(37)45/h1-17,29-32H,18-21H2,(H,42,45)/t29?,30?,31?,32-,37-/m0/s1. The van der Waals surface area contributed by atoms with Crippen LogP contribution in [0.2, 0.25) is 10.0 Å². The Hall–Kier alpha value is -3.78. The van der Waals surface area contributed by atoms with Crippen LogP contribution in [0.5, 0.6) is 0 Å². The summed E-state index contributed by atoms with van der Waals surface area (Å²) in [5.41, 5.74) is -0.453. The number of carbonyl (C=O) groups excluding carboxylic acids is 2. The maximum atomic E-state index is 14.9. The van der Waals surface area contributed by atoms with E-state index in [2.05, 4.69) is 10.2 Å². The van der Waals surface area contributed by atoms with Crippen LogP contribution >= 0.6 is 23.2 Å². The maximum Gasteiger partial charge on any atom is 0.324 e. The van der Waals surface area contributed by atoms with Crippen LogP contribution in [0.1, 0.15) is 53.2 Å². The summed E-state index contributed by atoms with van der Waals surface area (Å²) >= 11 is 13.0. The molecule has 234 valence electrons. The van der Waals surface area contributed by atoms with Gasteiger partial charge in [0.1, 0.15) is 17.6 Å². The van der Waals surface area contributed by atoms with Crippen molar-refractivity contribution in [3.63, 3.8) is 0 Å². The van der Waals surface area contributed by atoms with Gasteiger partial charge >= 0.3 is 5.97 Å². The molecule has 4 aliphatic rings. The Kier molecular flexibility index (Phi) is 6.84. The van der Waals surface area contributed by atoms with Gasteiger partial charge in [-0.25, -0.2) is 0 Å². The first-order valence-corrected chi connectivity index (χ1v) is 16.1. The molecule has 1 aliphatic carbocycles. The van der Waals surface area contributed by atoms with Gasteiger partial charge in [0, 0.05) is 32.6 Å². The number of nitrogens with zero attached hydrogens (tertiary/aromatic N) is 1. The van der Waals surface area contributed by atoms with E-state index in [9.17, 15) is 18.4 Å². The fourth-order valence-corrected chi connectivity index (χ4v) is 9.59. The topological polar surface area (TPSA) is 58.6 Å². The van der Waals surface area contributed by atoms with Crippen LogP contribution in [0.3, 0.4) is 0 Å². The van der Waals surface area contributed by atoms with Gasteiger partial charge in [-0.3, -0.25) is 23.3 Å². The molecular weight excluding hydrogens is 629 g/mol. The number of halogens is 4. The van der Waals surface area contributed by atoms with Crippen LogP contribution in [-0.4, -0.2) is 41.7 Å². The molecule has 2 spiro atoms. The molecule has 1 N–H and O–H groups in total. The lowest BCUT2D eigenvalue weighted by Crippen LogP contribution is -2.72. The number of fused-ring (bicyclic) bond motifs is 5. The molecule has 1 amide bonds. The molecule has 46 heavy (non-hydrogen) atoms. The second-order valence-corrected chi connectivity index (χ2v) is 14.0. The minimum absolute atomic E-state index is 0.0220. The van der Waals surface area contributed by atoms with E-state index in [4.69, 9.17) is 27.9 Å². The van der Waals surface area contributed by atoms with Crippen molar-refractivity contribution in [3.05, 3.63) is 135 Å². The summed E-state index contributed by atoms with van der Waals surface area (Å²) in [5, 5.41) is 3.94. The molecule has 0 bridgehead atoms. The molecule has 3 fully saturated rings. The monoisotopic (exact) mass is 658 g/mol. The van der Waals surface area contributed by atoms with Crippen molar-refractivity contribution < 1.29 is 23.1 Å². The molecule has 3 aliphatic heterocycles. The molecule has 0 radical (unpaired) electrons. The minimum Gasteiger partial charge on any atom is -0.454 e. The molecule has 0 aromatic heterocycles. The van der Waals surface area contributed by atoms with Gasteiger partial charge in [0.25, 0.3) is 0 Å². The van der Waals surface area contributed by atoms with Crippen molar-refractivity contribution in [2.45, 2.75) is 47.9 Å². The zero-order valence-electron chi connectivity index (χ0n) is 24.6. The van der Waals surface area contributed by atoms with Crippen LogP contribution in [-0.2, 0) is 19.7 Å². The molecule has 4 aromatic carbocycles. The Bertz CT molecular complexity index is 1850. The van der Waals surface area contributed by atoms with Crippen LogP contribution in [0.4, 0.5) is 14.5 Å². The van der Waals surface area contributed by atoms with E-state index in [1.54, 1.807) is 30.3 Å². The molecular formula is C37H30Cl2F2N2O3. The van der Waals surface area contributed by atoms with Crippen LogP contribution in [0, 0.1) is 5.41 Å². The highest BCUT2D eigenvalue weighted by Gasteiger charge is 2.82. The smallest absolute Gasteiger partial charge is 0.324 e. The second kappa shape index (κ2) is 10.6. The van der Waals surface area contributed by atoms with E-state index >= 15 is 0 Å². The highest BCUT2D eigenvalue weighted by molar-refractivity contribution is 6.31. The van der Waals surface area contributed by atoms with Crippen LogP contribution in [0.15, 0.2) is 103 Å². The Morgan fingerprint density at radius 2 is 1.39 bits per heavy atom. The predicted molar refractivity (Wildman–Crippen MR) is 172 cm³/mol. The second-order valence-electron chi connectivity index (χ2n) is 13.1. The Balaban J connectivity index is 1.47. The molecule has 9 heteroatoms. The molecule has 3 unspecified atom stereocenters.